The van der Waals surface area contributed by atoms with Crippen molar-refractivity contribution in [2.45, 2.75) is 57.9 Å². The molecule has 11 nitrogen and oxygen atoms in total. The number of ether oxygens (including phenoxy) is 4. The molecule has 5 aromatic rings. The van der Waals surface area contributed by atoms with Crippen LogP contribution in [-0.2, 0) is 47.9 Å². The fraction of sp³-hybridized carbons (Fsp3) is 0.419. The zero-order valence-corrected chi connectivity index (χ0v) is 31.5. The summed E-state index contributed by atoms with van der Waals surface area (Å²) in [7, 11) is 3.62. The minimum Gasteiger partial charge on any atom is -0.857 e. The number of rotatable bonds is 2. The SMILES string of the molecule is COC(=O)C1=COC(C)C2CN3CCc4c([nH]c5ccccc45)C3CC12.COC(=O)C1=COC(C)C2C[n+]3ccc4c([nH]c5ccccc54)c3C[C@@H]12.C[O-]. The quantitative estimate of drug-likeness (QED) is 0.191. The number of carbonyl (C=O) groups excluding carboxylic acids is 2. The van der Waals surface area contributed by atoms with Gasteiger partial charge in [0.25, 0.3) is 0 Å². The molecule has 0 saturated carbocycles. The standard InChI is InChI=1S/C21H24N2O3.C21H20N2O3.CH3O/c2*1-12-16-10-23-8-7-14-13-5-3-4-6-18(13)22-20(14)19(23)9-15(16)17(11-26-12)21(24)25-2;1-2/h3-6,11-12,15-16,19,22H,7-10H2,1-2H3;3-8,11-12,15-16H,9-10H2,1-2H3;1H3/q;;-1/p+1/t;12?,15-,16?;/m.1./s1. The molecule has 0 amide bonds. The Morgan fingerprint density at radius 2 is 1.44 bits per heavy atom. The van der Waals surface area contributed by atoms with Gasteiger partial charge in [-0.15, -0.1) is 0 Å². The summed E-state index contributed by atoms with van der Waals surface area (Å²) in [6.07, 6.45) is 8.41. The summed E-state index contributed by atoms with van der Waals surface area (Å²) >= 11 is 0. The number of nitrogens with zero attached hydrogens (tertiary/aromatic N) is 2. The van der Waals surface area contributed by atoms with Crippen molar-refractivity contribution in [3.05, 3.63) is 101 Å². The highest BCUT2D eigenvalue weighted by molar-refractivity contribution is 6.07. The zero-order valence-electron chi connectivity index (χ0n) is 31.5. The highest BCUT2D eigenvalue weighted by atomic mass is 16.5. The molecule has 10 rings (SSSR count). The second-order valence-electron chi connectivity index (χ2n) is 15.0. The summed E-state index contributed by atoms with van der Waals surface area (Å²) < 4.78 is 23.9. The number of piperidine rings is 1. The maximum atomic E-state index is 12.3. The van der Waals surface area contributed by atoms with E-state index in [1.807, 2.05) is 6.07 Å². The minimum absolute atomic E-state index is 0.0764. The van der Waals surface area contributed by atoms with E-state index >= 15 is 0 Å². The molecule has 6 unspecified atom stereocenters. The monoisotopic (exact) mass is 732 g/mol. The average Bonchev–Trinajstić information content (AvgIpc) is 3.80. The molecule has 282 valence electrons. The van der Waals surface area contributed by atoms with Crippen molar-refractivity contribution >= 4 is 44.6 Å². The first-order valence-electron chi connectivity index (χ1n) is 18.9. The Bertz CT molecular complexity index is 2290. The van der Waals surface area contributed by atoms with E-state index in [0.29, 0.717) is 23.1 Å². The molecule has 11 heteroatoms. The molecule has 5 aliphatic heterocycles. The van der Waals surface area contributed by atoms with Crippen LogP contribution in [0.2, 0.25) is 0 Å². The molecule has 3 aromatic heterocycles. The number of pyridine rings is 1. The van der Waals surface area contributed by atoms with Crippen molar-refractivity contribution in [1.82, 2.24) is 14.9 Å². The number of nitrogens with one attached hydrogen (secondary N) is 2. The first kappa shape index (κ1) is 35.9. The van der Waals surface area contributed by atoms with Gasteiger partial charge in [-0.3, -0.25) is 4.90 Å². The second-order valence-corrected chi connectivity index (χ2v) is 15.0. The fourth-order valence-electron chi connectivity index (χ4n) is 9.76. The van der Waals surface area contributed by atoms with Crippen LogP contribution in [0.3, 0.4) is 0 Å². The number of aromatic nitrogens is 3. The van der Waals surface area contributed by atoms with Crippen LogP contribution in [-0.4, -0.2) is 73.4 Å². The first-order chi connectivity index (χ1) is 26.3. The van der Waals surface area contributed by atoms with Crippen LogP contribution < -0.4 is 9.67 Å². The van der Waals surface area contributed by atoms with Crippen molar-refractivity contribution in [1.29, 1.82) is 0 Å². The Balaban J connectivity index is 0.000000147. The molecule has 1 fully saturated rings. The van der Waals surface area contributed by atoms with E-state index in [4.69, 9.17) is 24.1 Å². The van der Waals surface area contributed by atoms with Gasteiger partial charge in [0, 0.05) is 76.2 Å². The third kappa shape index (κ3) is 5.94. The summed E-state index contributed by atoms with van der Waals surface area (Å²) in [5.74, 6) is 0.343. The van der Waals surface area contributed by atoms with Gasteiger partial charge >= 0.3 is 11.9 Å². The molecule has 7 atom stereocenters. The van der Waals surface area contributed by atoms with Gasteiger partial charge in [0.15, 0.2) is 12.7 Å². The van der Waals surface area contributed by atoms with E-state index < -0.39 is 0 Å². The summed E-state index contributed by atoms with van der Waals surface area (Å²) in [6, 6.07) is 19.4. The van der Waals surface area contributed by atoms with E-state index in [2.05, 4.69) is 88.0 Å². The molecule has 1 saturated heterocycles. The molecule has 0 bridgehead atoms. The molecular weight excluding hydrogens is 684 g/mol. The number of benzene rings is 2. The molecule has 5 aliphatic rings. The van der Waals surface area contributed by atoms with Crippen LogP contribution in [0, 0.1) is 23.7 Å². The number of esters is 2. The van der Waals surface area contributed by atoms with Crippen LogP contribution in [0.25, 0.3) is 32.7 Å². The summed E-state index contributed by atoms with van der Waals surface area (Å²) in [6.45, 7) is 7.04. The van der Waals surface area contributed by atoms with Crippen molar-refractivity contribution in [2.75, 3.05) is 34.4 Å². The van der Waals surface area contributed by atoms with Crippen LogP contribution in [0.15, 0.2) is 84.5 Å². The van der Waals surface area contributed by atoms with Gasteiger partial charge in [-0.05, 0) is 44.4 Å². The van der Waals surface area contributed by atoms with E-state index in [9.17, 15) is 9.59 Å². The van der Waals surface area contributed by atoms with Crippen molar-refractivity contribution < 1.29 is 38.2 Å². The molecular formula is C43H48N4O7. The topological polar surface area (TPSA) is 133 Å². The minimum atomic E-state index is -0.288. The molecule has 2 N–H and O–H groups in total. The lowest BCUT2D eigenvalue weighted by atomic mass is 9.72. The number of hydrogen-bond acceptors (Lipinski definition) is 8. The van der Waals surface area contributed by atoms with Crippen LogP contribution in [0.1, 0.15) is 43.3 Å². The highest BCUT2D eigenvalue weighted by Gasteiger charge is 2.48. The first-order valence-corrected chi connectivity index (χ1v) is 18.9. The largest absolute Gasteiger partial charge is 0.857 e. The second kappa shape index (κ2) is 14.6. The van der Waals surface area contributed by atoms with Gasteiger partial charge in [-0.2, -0.15) is 7.11 Å². The normalized spacial score (nSPS) is 26.7. The van der Waals surface area contributed by atoms with Gasteiger partial charge in [-0.25, -0.2) is 14.2 Å². The van der Waals surface area contributed by atoms with Crippen molar-refractivity contribution in [3.63, 3.8) is 0 Å². The van der Waals surface area contributed by atoms with E-state index in [1.165, 1.54) is 52.8 Å². The molecule has 0 aliphatic carbocycles. The fourth-order valence-corrected chi connectivity index (χ4v) is 9.76. The number of hydrogen-bond donors (Lipinski definition) is 2. The Kier molecular flexibility index (Phi) is 9.70. The lowest BCUT2D eigenvalue weighted by molar-refractivity contribution is -0.717. The molecule has 54 heavy (non-hydrogen) atoms. The number of methoxy groups -OCH3 is 2. The number of fused-ring (bicyclic) bond motifs is 12. The van der Waals surface area contributed by atoms with Gasteiger partial charge in [0.1, 0.15) is 11.6 Å². The molecule has 2 aromatic carbocycles. The molecule has 0 radical (unpaired) electrons. The van der Waals surface area contributed by atoms with Gasteiger partial charge in [0.05, 0.1) is 56.0 Å². The summed E-state index contributed by atoms with van der Waals surface area (Å²) in [4.78, 5) is 34.4. The van der Waals surface area contributed by atoms with E-state index in [-0.39, 0.29) is 41.9 Å². The van der Waals surface area contributed by atoms with Crippen molar-refractivity contribution in [3.8, 4) is 0 Å². The zero-order chi connectivity index (χ0) is 37.7. The lowest BCUT2D eigenvalue weighted by Gasteiger charge is -2.49. The van der Waals surface area contributed by atoms with Gasteiger partial charge in [0.2, 0.25) is 5.69 Å². The summed E-state index contributed by atoms with van der Waals surface area (Å²) in [5.41, 5.74) is 8.88. The Labute approximate surface area is 314 Å². The number of aromatic amines is 2. The number of carbonyl (C=O) groups is 2. The Morgan fingerprint density at radius 3 is 2.15 bits per heavy atom. The smallest absolute Gasteiger partial charge is 0.337 e. The Hall–Kier alpha value is -5.13. The predicted molar refractivity (Wildman–Crippen MR) is 202 cm³/mol. The average molecular weight is 733 g/mol. The highest BCUT2D eigenvalue weighted by Crippen LogP contribution is 2.48. The van der Waals surface area contributed by atoms with Crippen LogP contribution in [0.5, 0.6) is 0 Å². The number of H-pyrrole nitrogens is 2. The number of para-hydroxylation sites is 2. The van der Waals surface area contributed by atoms with E-state index in [0.717, 1.165) is 57.0 Å². The van der Waals surface area contributed by atoms with Gasteiger partial charge in [-0.1, -0.05) is 36.4 Å². The maximum absolute atomic E-state index is 12.3. The van der Waals surface area contributed by atoms with E-state index in [1.54, 1.807) is 12.5 Å². The molecule has 8 heterocycles. The van der Waals surface area contributed by atoms with Crippen molar-refractivity contribution in [2.24, 2.45) is 23.7 Å². The Morgan fingerprint density at radius 1 is 0.815 bits per heavy atom. The predicted octanol–water partition coefficient (Wildman–Crippen LogP) is 5.03. The third-order valence-corrected chi connectivity index (χ3v) is 12.5. The van der Waals surface area contributed by atoms with Crippen LogP contribution in [0.4, 0.5) is 0 Å². The molecule has 0 spiro atoms. The summed E-state index contributed by atoms with van der Waals surface area (Å²) in [5, 5.41) is 12.1. The third-order valence-electron chi connectivity index (χ3n) is 12.5. The van der Waals surface area contributed by atoms with Crippen LogP contribution >= 0.6 is 0 Å². The van der Waals surface area contributed by atoms with Gasteiger partial charge < -0.3 is 34.0 Å². The maximum Gasteiger partial charge on any atom is 0.337 e. The lowest BCUT2D eigenvalue weighted by Crippen LogP contribution is -2.53.